The van der Waals surface area contributed by atoms with Crippen LogP contribution in [0.15, 0.2) is 73.1 Å². The first-order chi connectivity index (χ1) is 13.7. The van der Waals surface area contributed by atoms with Crippen LogP contribution in [0.1, 0.15) is 5.56 Å². The normalized spacial score (nSPS) is 10.3. The van der Waals surface area contributed by atoms with Crippen molar-refractivity contribution in [2.45, 2.75) is 6.92 Å². The molecule has 1 aromatic carbocycles. The average molecular weight is 370 g/mol. The van der Waals surface area contributed by atoms with Gasteiger partial charge in [0, 0.05) is 18.1 Å². The van der Waals surface area contributed by atoms with Gasteiger partial charge in [-0.3, -0.25) is 0 Å². The first-order valence-electron chi connectivity index (χ1n) is 8.70. The molecular formula is C20H18N8. The molecule has 138 valence electrons. The SMILES string of the molecule is Cc1ccc(Nc2nc(Nc3ccccn3)nc(Nc3ccccn3)n2)cc1. The summed E-state index contributed by atoms with van der Waals surface area (Å²) in [4.78, 5) is 21.8. The fourth-order valence-corrected chi connectivity index (χ4v) is 2.41. The van der Waals surface area contributed by atoms with Crippen LogP contribution in [0.5, 0.6) is 0 Å². The largest absolute Gasteiger partial charge is 0.324 e. The van der Waals surface area contributed by atoms with Gasteiger partial charge in [-0.2, -0.15) is 15.0 Å². The fraction of sp³-hybridized carbons (Fsp3) is 0.0500. The molecule has 0 aliphatic heterocycles. The Morgan fingerprint density at radius 1 is 0.571 bits per heavy atom. The Labute approximate surface area is 162 Å². The summed E-state index contributed by atoms with van der Waals surface area (Å²) >= 11 is 0. The van der Waals surface area contributed by atoms with Crippen molar-refractivity contribution in [1.29, 1.82) is 0 Å². The molecule has 0 amide bonds. The lowest BCUT2D eigenvalue weighted by molar-refractivity contribution is 1.05. The molecule has 0 bridgehead atoms. The minimum Gasteiger partial charge on any atom is -0.324 e. The van der Waals surface area contributed by atoms with Crippen LogP contribution in [0.2, 0.25) is 0 Å². The molecule has 28 heavy (non-hydrogen) atoms. The average Bonchev–Trinajstić information content (AvgIpc) is 2.71. The predicted molar refractivity (Wildman–Crippen MR) is 109 cm³/mol. The quantitative estimate of drug-likeness (QED) is 0.464. The summed E-state index contributed by atoms with van der Waals surface area (Å²) in [6.07, 6.45) is 3.39. The maximum atomic E-state index is 4.44. The van der Waals surface area contributed by atoms with Crippen molar-refractivity contribution in [1.82, 2.24) is 24.9 Å². The summed E-state index contributed by atoms with van der Waals surface area (Å²) < 4.78 is 0. The number of nitrogens with one attached hydrogen (secondary N) is 3. The van der Waals surface area contributed by atoms with E-state index in [1.807, 2.05) is 67.6 Å². The number of aryl methyl sites for hydroxylation is 1. The van der Waals surface area contributed by atoms with E-state index < -0.39 is 0 Å². The van der Waals surface area contributed by atoms with E-state index >= 15 is 0 Å². The van der Waals surface area contributed by atoms with Crippen LogP contribution < -0.4 is 16.0 Å². The minimum atomic E-state index is 0.363. The lowest BCUT2D eigenvalue weighted by atomic mass is 10.2. The molecule has 0 radical (unpaired) electrons. The van der Waals surface area contributed by atoms with Gasteiger partial charge in [-0.05, 0) is 43.3 Å². The Kier molecular flexibility index (Phi) is 5.01. The van der Waals surface area contributed by atoms with E-state index in [-0.39, 0.29) is 0 Å². The molecule has 0 saturated heterocycles. The number of rotatable bonds is 6. The second kappa shape index (κ2) is 8.09. The lowest BCUT2D eigenvalue weighted by Crippen LogP contribution is -2.08. The lowest BCUT2D eigenvalue weighted by Gasteiger charge is -2.11. The summed E-state index contributed by atoms with van der Waals surface area (Å²) in [5.41, 5.74) is 2.06. The Morgan fingerprint density at radius 2 is 1.07 bits per heavy atom. The van der Waals surface area contributed by atoms with Crippen molar-refractivity contribution in [3.8, 4) is 0 Å². The van der Waals surface area contributed by atoms with Crippen LogP contribution in [0.25, 0.3) is 0 Å². The first-order valence-corrected chi connectivity index (χ1v) is 8.70. The number of nitrogens with zero attached hydrogens (tertiary/aromatic N) is 5. The molecule has 0 aliphatic carbocycles. The van der Waals surface area contributed by atoms with Crippen molar-refractivity contribution in [3.05, 3.63) is 78.6 Å². The van der Waals surface area contributed by atoms with Crippen LogP contribution in [0, 0.1) is 6.92 Å². The second-order valence-electron chi connectivity index (χ2n) is 5.98. The van der Waals surface area contributed by atoms with Crippen molar-refractivity contribution in [2.24, 2.45) is 0 Å². The Hall–Kier alpha value is -4.07. The highest BCUT2D eigenvalue weighted by molar-refractivity contribution is 5.59. The monoisotopic (exact) mass is 370 g/mol. The van der Waals surface area contributed by atoms with Gasteiger partial charge >= 0.3 is 0 Å². The first kappa shape index (κ1) is 17.3. The molecule has 0 saturated carbocycles. The molecule has 0 fully saturated rings. The highest BCUT2D eigenvalue weighted by Crippen LogP contribution is 2.19. The molecule has 0 spiro atoms. The van der Waals surface area contributed by atoms with Crippen LogP contribution in [0.3, 0.4) is 0 Å². The number of pyridine rings is 2. The highest BCUT2D eigenvalue weighted by atomic mass is 15.3. The van der Waals surface area contributed by atoms with Crippen molar-refractivity contribution < 1.29 is 0 Å². The summed E-state index contributed by atoms with van der Waals surface area (Å²) in [5.74, 6) is 2.40. The van der Waals surface area contributed by atoms with Crippen LogP contribution in [-0.4, -0.2) is 24.9 Å². The van der Waals surface area contributed by atoms with Crippen LogP contribution >= 0.6 is 0 Å². The molecule has 0 unspecified atom stereocenters. The summed E-state index contributed by atoms with van der Waals surface area (Å²) in [6.45, 7) is 2.04. The second-order valence-corrected chi connectivity index (χ2v) is 5.98. The van der Waals surface area contributed by atoms with Gasteiger partial charge in [-0.15, -0.1) is 0 Å². The zero-order chi connectivity index (χ0) is 19.2. The highest BCUT2D eigenvalue weighted by Gasteiger charge is 2.09. The number of benzene rings is 1. The molecule has 3 aromatic heterocycles. The van der Waals surface area contributed by atoms with Crippen molar-refractivity contribution >= 4 is 35.2 Å². The van der Waals surface area contributed by atoms with Gasteiger partial charge in [0.15, 0.2) is 0 Å². The Morgan fingerprint density at radius 3 is 1.54 bits per heavy atom. The van der Waals surface area contributed by atoms with Gasteiger partial charge in [-0.1, -0.05) is 29.8 Å². The summed E-state index contributed by atoms with van der Waals surface area (Å²) in [5, 5.41) is 9.38. The number of hydrogen-bond donors (Lipinski definition) is 3. The van der Waals surface area contributed by atoms with Gasteiger partial charge < -0.3 is 16.0 Å². The number of anilines is 6. The number of hydrogen-bond acceptors (Lipinski definition) is 8. The molecule has 4 rings (SSSR count). The van der Waals surface area contributed by atoms with E-state index in [0.29, 0.717) is 29.5 Å². The molecule has 8 nitrogen and oxygen atoms in total. The van der Waals surface area contributed by atoms with E-state index in [0.717, 1.165) is 5.69 Å². The molecule has 0 aliphatic rings. The standard InChI is InChI=1S/C20H18N8/c1-14-8-10-15(11-9-14)23-18-26-19(24-16-6-2-4-12-21-16)28-20(27-18)25-17-7-3-5-13-22-17/h2-13H,1H3,(H3,21,22,23,24,25,26,27,28). The zero-order valence-corrected chi connectivity index (χ0v) is 15.2. The third kappa shape index (κ3) is 4.55. The third-order valence-electron chi connectivity index (χ3n) is 3.75. The molecular weight excluding hydrogens is 352 g/mol. The van der Waals surface area contributed by atoms with Gasteiger partial charge in [-0.25, -0.2) is 9.97 Å². The molecule has 3 heterocycles. The van der Waals surface area contributed by atoms with Gasteiger partial charge in [0.25, 0.3) is 0 Å². The van der Waals surface area contributed by atoms with Crippen molar-refractivity contribution in [3.63, 3.8) is 0 Å². The maximum Gasteiger partial charge on any atom is 0.235 e. The Balaban J connectivity index is 1.64. The van der Waals surface area contributed by atoms with Gasteiger partial charge in [0.1, 0.15) is 11.6 Å². The fourth-order valence-electron chi connectivity index (χ4n) is 2.41. The van der Waals surface area contributed by atoms with Crippen molar-refractivity contribution in [2.75, 3.05) is 16.0 Å². The Bertz CT molecular complexity index is 977. The van der Waals surface area contributed by atoms with E-state index in [4.69, 9.17) is 0 Å². The summed E-state index contributed by atoms with van der Waals surface area (Å²) in [6, 6.07) is 19.1. The number of aromatic nitrogens is 5. The molecule has 8 heteroatoms. The van der Waals surface area contributed by atoms with Crippen LogP contribution in [-0.2, 0) is 0 Å². The van der Waals surface area contributed by atoms with E-state index in [2.05, 4.69) is 40.9 Å². The van der Waals surface area contributed by atoms with E-state index in [1.54, 1.807) is 12.4 Å². The smallest absolute Gasteiger partial charge is 0.235 e. The minimum absolute atomic E-state index is 0.363. The van der Waals surface area contributed by atoms with Gasteiger partial charge in [0.05, 0.1) is 0 Å². The van der Waals surface area contributed by atoms with E-state index in [9.17, 15) is 0 Å². The summed E-state index contributed by atoms with van der Waals surface area (Å²) in [7, 11) is 0. The predicted octanol–water partition coefficient (Wildman–Crippen LogP) is 4.20. The third-order valence-corrected chi connectivity index (χ3v) is 3.75. The maximum absolute atomic E-state index is 4.44. The van der Waals surface area contributed by atoms with Gasteiger partial charge in [0.2, 0.25) is 17.8 Å². The van der Waals surface area contributed by atoms with Crippen LogP contribution in [0.4, 0.5) is 35.2 Å². The zero-order valence-electron chi connectivity index (χ0n) is 15.2. The molecule has 0 atom stereocenters. The topological polar surface area (TPSA) is 101 Å². The molecule has 4 aromatic rings. The van der Waals surface area contributed by atoms with E-state index in [1.165, 1.54) is 5.56 Å². The molecule has 3 N–H and O–H groups in total.